The Hall–Kier alpha value is -1.43. The van der Waals surface area contributed by atoms with E-state index in [0.717, 1.165) is 44.2 Å². The fourth-order valence-electron chi connectivity index (χ4n) is 2.96. The summed E-state index contributed by atoms with van der Waals surface area (Å²) in [6.45, 7) is 4.15. The molecule has 0 spiro atoms. The van der Waals surface area contributed by atoms with Gasteiger partial charge in [0.15, 0.2) is 5.69 Å². The van der Waals surface area contributed by atoms with Crippen LogP contribution in [0.3, 0.4) is 0 Å². The minimum Gasteiger partial charge on any atom is -0.461 e. The Morgan fingerprint density at radius 3 is 2.81 bits per heavy atom. The van der Waals surface area contributed by atoms with Gasteiger partial charge in [0.25, 0.3) is 0 Å². The van der Waals surface area contributed by atoms with Crippen LogP contribution in [-0.2, 0) is 11.2 Å². The van der Waals surface area contributed by atoms with Crippen LogP contribution in [0.5, 0.6) is 0 Å². The predicted molar refractivity (Wildman–Crippen MR) is 78.1 cm³/mol. The van der Waals surface area contributed by atoms with Gasteiger partial charge in [0.05, 0.1) is 24.4 Å². The van der Waals surface area contributed by atoms with E-state index in [9.17, 15) is 9.90 Å². The highest BCUT2D eigenvalue weighted by Crippen LogP contribution is 2.29. The summed E-state index contributed by atoms with van der Waals surface area (Å²) in [6.07, 6.45) is 6.10. The van der Waals surface area contributed by atoms with Gasteiger partial charge in [0.1, 0.15) is 0 Å². The summed E-state index contributed by atoms with van der Waals surface area (Å²) < 4.78 is 6.82. The summed E-state index contributed by atoms with van der Waals surface area (Å²) in [5.41, 5.74) is 1.09. The van der Waals surface area contributed by atoms with Gasteiger partial charge in [0, 0.05) is 0 Å². The molecule has 0 saturated heterocycles. The molecule has 0 aliphatic heterocycles. The molecule has 1 N–H and O–H groups in total. The van der Waals surface area contributed by atoms with E-state index in [4.69, 9.17) is 4.74 Å². The molecule has 1 aliphatic carbocycles. The molecule has 0 bridgehead atoms. The first-order valence-electron chi connectivity index (χ1n) is 7.98. The molecule has 2 rings (SSSR count). The number of hydrogen-bond acceptors (Lipinski definition) is 5. The van der Waals surface area contributed by atoms with E-state index in [2.05, 4.69) is 17.2 Å². The average Bonchev–Trinajstić information content (AvgIpc) is 2.75. The molecular weight excluding hydrogens is 270 g/mol. The summed E-state index contributed by atoms with van der Waals surface area (Å²) in [5.74, 6) is -0.421. The highest BCUT2D eigenvalue weighted by atomic mass is 16.5. The van der Waals surface area contributed by atoms with Crippen LogP contribution in [0.15, 0.2) is 0 Å². The maximum absolute atomic E-state index is 12.0. The van der Waals surface area contributed by atoms with Crippen LogP contribution in [0.4, 0.5) is 0 Å². The highest BCUT2D eigenvalue weighted by Gasteiger charge is 2.29. The molecule has 21 heavy (non-hydrogen) atoms. The van der Waals surface area contributed by atoms with Crippen LogP contribution in [0, 0.1) is 0 Å². The molecule has 1 aromatic rings. The molecule has 2 unspecified atom stereocenters. The van der Waals surface area contributed by atoms with Crippen molar-refractivity contribution in [3.05, 3.63) is 11.4 Å². The van der Waals surface area contributed by atoms with Crippen molar-refractivity contribution in [3.8, 4) is 0 Å². The molecule has 2 atom stereocenters. The monoisotopic (exact) mass is 295 g/mol. The topological polar surface area (TPSA) is 77.2 Å². The molecule has 1 saturated carbocycles. The lowest BCUT2D eigenvalue weighted by Crippen LogP contribution is -2.26. The quantitative estimate of drug-likeness (QED) is 0.666. The summed E-state index contributed by atoms with van der Waals surface area (Å²) in [7, 11) is 0. The maximum atomic E-state index is 12.0. The number of rotatable bonds is 5. The Kier molecular flexibility index (Phi) is 5.73. The van der Waals surface area contributed by atoms with Crippen molar-refractivity contribution in [1.29, 1.82) is 0 Å². The minimum atomic E-state index is -0.421. The van der Waals surface area contributed by atoms with E-state index in [0.29, 0.717) is 18.7 Å². The number of nitrogens with zero attached hydrogens (tertiary/aromatic N) is 3. The number of aliphatic hydroxyl groups excluding tert-OH is 1. The number of aromatic nitrogens is 3. The van der Waals surface area contributed by atoms with Gasteiger partial charge < -0.3 is 9.84 Å². The van der Waals surface area contributed by atoms with Crippen LogP contribution in [-0.4, -0.2) is 38.8 Å². The SMILES string of the molecule is CCCc1c(C(=O)OCC)nnn1C1CCCCCC1O. The van der Waals surface area contributed by atoms with Crippen LogP contribution >= 0.6 is 0 Å². The summed E-state index contributed by atoms with van der Waals surface area (Å²) in [5, 5.41) is 18.5. The zero-order valence-corrected chi connectivity index (χ0v) is 12.9. The van der Waals surface area contributed by atoms with Crippen molar-refractivity contribution >= 4 is 5.97 Å². The third kappa shape index (κ3) is 3.61. The smallest absolute Gasteiger partial charge is 0.360 e. The second-order valence-corrected chi connectivity index (χ2v) is 5.57. The van der Waals surface area contributed by atoms with Gasteiger partial charge in [-0.1, -0.05) is 37.8 Å². The van der Waals surface area contributed by atoms with Crippen LogP contribution in [0.1, 0.15) is 74.6 Å². The third-order valence-corrected chi connectivity index (χ3v) is 4.00. The summed E-state index contributed by atoms with van der Waals surface area (Å²) >= 11 is 0. The number of carbonyl (C=O) groups excluding carboxylic acids is 1. The second kappa shape index (κ2) is 7.54. The zero-order chi connectivity index (χ0) is 15.2. The van der Waals surface area contributed by atoms with E-state index in [1.54, 1.807) is 11.6 Å². The van der Waals surface area contributed by atoms with E-state index in [-0.39, 0.29) is 6.04 Å². The van der Waals surface area contributed by atoms with E-state index >= 15 is 0 Å². The van der Waals surface area contributed by atoms with E-state index in [1.165, 1.54) is 0 Å². The maximum Gasteiger partial charge on any atom is 0.360 e. The van der Waals surface area contributed by atoms with Crippen molar-refractivity contribution < 1.29 is 14.6 Å². The van der Waals surface area contributed by atoms with E-state index < -0.39 is 12.1 Å². The van der Waals surface area contributed by atoms with Gasteiger partial charge in [-0.2, -0.15) is 0 Å². The first-order valence-corrected chi connectivity index (χ1v) is 7.98. The number of esters is 1. The van der Waals surface area contributed by atoms with Crippen molar-refractivity contribution in [3.63, 3.8) is 0 Å². The second-order valence-electron chi connectivity index (χ2n) is 5.57. The Labute approximate surface area is 125 Å². The summed E-state index contributed by atoms with van der Waals surface area (Å²) in [4.78, 5) is 12.0. The van der Waals surface area contributed by atoms with Gasteiger partial charge in [0.2, 0.25) is 0 Å². The zero-order valence-electron chi connectivity index (χ0n) is 12.9. The number of hydrogen-bond donors (Lipinski definition) is 1. The molecule has 0 amide bonds. The van der Waals surface area contributed by atoms with Crippen molar-refractivity contribution in [2.75, 3.05) is 6.61 Å². The normalized spacial score (nSPS) is 22.8. The fourth-order valence-corrected chi connectivity index (χ4v) is 2.96. The molecule has 1 aliphatic rings. The Bertz CT molecular complexity index is 473. The molecule has 118 valence electrons. The lowest BCUT2D eigenvalue weighted by molar-refractivity contribution is 0.0517. The number of ether oxygens (including phenoxy) is 1. The molecule has 1 aromatic heterocycles. The van der Waals surface area contributed by atoms with Crippen LogP contribution in [0.2, 0.25) is 0 Å². The van der Waals surface area contributed by atoms with Gasteiger partial charge >= 0.3 is 5.97 Å². The Morgan fingerprint density at radius 1 is 1.33 bits per heavy atom. The molecule has 0 aromatic carbocycles. The van der Waals surface area contributed by atoms with Crippen molar-refractivity contribution in [1.82, 2.24) is 15.0 Å². The lowest BCUT2D eigenvalue weighted by atomic mass is 10.1. The average molecular weight is 295 g/mol. The molecular formula is C15H25N3O3. The fraction of sp³-hybridized carbons (Fsp3) is 0.800. The molecule has 6 nitrogen and oxygen atoms in total. The minimum absolute atomic E-state index is 0.0790. The van der Waals surface area contributed by atoms with Crippen LogP contribution in [0.25, 0.3) is 0 Å². The first-order chi connectivity index (χ1) is 10.2. The standard InChI is InChI=1S/C15H25N3O3/c1-3-8-12-14(15(20)21-4-2)16-17-18(12)11-9-6-5-7-10-13(11)19/h11,13,19H,3-10H2,1-2H3. The Balaban J connectivity index is 2.31. The first kappa shape index (κ1) is 15.9. The van der Waals surface area contributed by atoms with E-state index in [1.807, 2.05) is 0 Å². The lowest BCUT2D eigenvalue weighted by Gasteiger charge is -2.22. The van der Waals surface area contributed by atoms with Gasteiger partial charge in [-0.25, -0.2) is 9.48 Å². The predicted octanol–water partition coefficient (Wildman–Crippen LogP) is 2.27. The van der Waals surface area contributed by atoms with Crippen LogP contribution < -0.4 is 0 Å². The molecule has 0 radical (unpaired) electrons. The Morgan fingerprint density at radius 2 is 2.10 bits per heavy atom. The molecule has 1 fully saturated rings. The van der Waals surface area contributed by atoms with Gasteiger partial charge in [-0.15, -0.1) is 5.10 Å². The highest BCUT2D eigenvalue weighted by molar-refractivity contribution is 5.88. The number of aliphatic hydroxyl groups is 1. The molecule has 1 heterocycles. The molecule has 6 heteroatoms. The van der Waals surface area contributed by atoms with Crippen molar-refractivity contribution in [2.45, 2.75) is 70.9 Å². The summed E-state index contributed by atoms with van der Waals surface area (Å²) in [6, 6.07) is -0.0790. The largest absolute Gasteiger partial charge is 0.461 e. The van der Waals surface area contributed by atoms with Crippen molar-refractivity contribution in [2.24, 2.45) is 0 Å². The third-order valence-electron chi connectivity index (χ3n) is 4.00. The number of carbonyl (C=O) groups is 1. The van der Waals surface area contributed by atoms with Gasteiger partial charge in [-0.05, 0) is 26.2 Å². The van der Waals surface area contributed by atoms with Gasteiger partial charge in [-0.3, -0.25) is 0 Å².